The first-order chi connectivity index (χ1) is 9.58. The lowest BCUT2D eigenvalue weighted by atomic mass is 10.0. The lowest BCUT2D eigenvalue weighted by molar-refractivity contribution is -0.141. The van der Waals surface area contributed by atoms with Crippen molar-refractivity contribution >= 4 is 11.9 Å². The third kappa shape index (κ3) is 3.45. The van der Waals surface area contributed by atoms with Crippen LogP contribution in [0.5, 0.6) is 0 Å². The minimum absolute atomic E-state index is 0.281. The van der Waals surface area contributed by atoms with Gasteiger partial charge in [0.2, 0.25) is 5.91 Å². The van der Waals surface area contributed by atoms with Crippen LogP contribution in [-0.4, -0.2) is 36.1 Å². The molecule has 5 nitrogen and oxygen atoms in total. The summed E-state index contributed by atoms with van der Waals surface area (Å²) in [5.74, 6) is -1.32. The van der Waals surface area contributed by atoms with Crippen molar-refractivity contribution in [3.8, 4) is 0 Å². The van der Waals surface area contributed by atoms with Crippen molar-refractivity contribution < 1.29 is 14.7 Å². The highest BCUT2D eigenvalue weighted by molar-refractivity contribution is 5.96. The van der Waals surface area contributed by atoms with Crippen LogP contribution in [0.1, 0.15) is 12.5 Å². The van der Waals surface area contributed by atoms with Crippen molar-refractivity contribution in [2.45, 2.75) is 19.4 Å². The van der Waals surface area contributed by atoms with Gasteiger partial charge in [-0.25, -0.2) is 4.79 Å². The van der Waals surface area contributed by atoms with E-state index in [4.69, 9.17) is 0 Å². The van der Waals surface area contributed by atoms with E-state index in [0.717, 1.165) is 11.1 Å². The van der Waals surface area contributed by atoms with Gasteiger partial charge in [0.25, 0.3) is 0 Å². The van der Waals surface area contributed by atoms with Gasteiger partial charge >= 0.3 is 5.97 Å². The number of carboxylic acid groups (broad SMARTS) is 1. The molecule has 1 aromatic rings. The second-order valence-electron chi connectivity index (χ2n) is 4.89. The van der Waals surface area contributed by atoms with E-state index in [9.17, 15) is 14.7 Å². The van der Waals surface area contributed by atoms with Crippen LogP contribution in [0.2, 0.25) is 0 Å². The van der Waals surface area contributed by atoms with Gasteiger partial charge in [0, 0.05) is 25.1 Å². The molecule has 1 aromatic carbocycles. The predicted molar refractivity (Wildman–Crippen MR) is 75.3 cm³/mol. The third-order valence-corrected chi connectivity index (χ3v) is 3.43. The molecule has 2 rings (SSSR count). The summed E-state index contributed by atoms with van der Waals surface area (Å²) in [6.45, 7) is 3.14. The van der Waals surface area contributed by atoms with Crippen molar-refractivity contribution in [3.63, 3.8) is 0 Å². The average molecular weight is 274 g/mol. The lowest BCUT2D eigenvalue weighted by Crippen LogP contribution is -2.44. The molecule has 1 aliphatic rings. The number of hydrogen-bond acceptors (Lipinski definition) is 3. The zero-order chi connectivity index (χ0) is 14.5. The van der Waals surface area contributed by atoms with E-state index >= 15 is 0 Å². The average Bonchev–Trinajstić information content (AvgIpc) is 2.36. The maximum absolute atomic E-state index is 12.0. The first-order valence-electron chi connectivity index (χ1n) is 6.55. The molecule has 0 aromatic heterocycles. The molecule has 0 aliphatic carbocycles. The van der Waals surface area contributed by atoms with Gasteiger partial charge in [0.05, 0.1) is 0 Å². The largest absolute Gasteiger partial charge is 0.480 e. The summed E-state index contributed by atoms with van der Waals surface area (Å²) in [5, 5.41) is 14.9. The monoisotopic (exact) mass is 274 g/mol. The smallest absolute Gasteiger partial charge is 0.326 e. The second-order valence-corrected chi connectivity index (χ2v) is 4.89. The van der Waals surface area contributed by atoms with Crippen LogP contribution in [-0.2, 0) is 16.0 Å². The lowest BCUT2D eigenvalue weighted by Gasteiger charge is -2.22. The number of hydrogen-bond donors (Lipinski definition) is 3. The van der Waals surface area contributed by atoms with Crippen molar-refractivity contribution in [1.29, 1.82) is 0 Å². The molecule has 0 bridgehead atoms. The summed E-state index contributed by atoms with van der Waals surface area (Å²) in [7, 11) is 0. The van der Waals surface area contributed by atoms with Gasteiger partial charge in [-0.15, -0.1) is 0 Å². The molecule has 5 heteroatoms. The van der Waals surface area contributed by atoms with Crippen LogP contribution in [0.25, 0.3) is 0 Å². The number of carbonyl (C=O) groups is 2. The van der Waals surface area contributed by atoms with Gasteiger partial charge in [-0.2, -0.15) is 0 Å². The molecule has 0 radical (unpaired) electrons. The van der Waals surface area contributed by atoms with E-state index in [1.807, 2.05) is 30.3 Å². The van der Waals surface area contributed by atoms with Crippen LogP contribution >= 0.6 is 0 Å². The topological polar surface area (TPSA) is 78.4 Å². The summed E-state index contributed by atoms with van der Waals surface area (Å²) < 4.78 is 0. The molecule has 1 heterocycles. The summed E-state index contributed by atoms with van der Waals surface area (Å²) >= 11 is 0. The fourth-order valence-corrected chi connectivity index (χ4v) is 1.99. The maximum Gasteiger partial charge on any atom is 0.326 e. The number of aliphatic carboxylic acids is 1. The maximum atomic E-state index is 12.0. The standard InChI is InChI=1S/C15H18N2O3/c1-10(12-8-16-9-12)14(18)17-13(15(19)20)7-11-5-3-2-4-6-11/h2-6,13,16H,7-9H2,1H3,(H,17,18)(H,19,20)/t13-/m1/s1. The number of carboxylic acids is 1. The summed E-state index contributed by atoms with van der Waals surface area (Å²) in [6.07, 6.45) is 0.281. The quantitative estimate of drug-likeness (QED) is 0.691. The van der Waals surface area contributed by atoms with Crippen LogP contribution in [0.3, 0.4) is 0 Å². The highest BCUT2D eigenvalue weighted by Crippen LogP contribution is 2.10. The Kier molecular flexibility index (Phi) is 4.53. The Balaban J connectivity index is 2.03. The molecule has 0 spiro atoms. The first kappa shape index (κ1) is 14.3. The van der Waals surface area contributed by atoms with Gasteiger partial charge in [0.15, 0.2) is 0 Å². The molecule has 1 saturated heterocycles. The van der Waals surface area contributed by atoms with Crippen LogP contribution in [0, 0.1) is 0 Å². The van der Waals surface area contributed by atoms with Crippen molar-refractivity contribution in [1.82, 2.24) is 10.6 Å². The molecule has 1 atom stereocenters. The Bertz CT molecular complexity index is 531. The second kappa shape index (κ2) is 6.34. The Morgan fingerprint density at radius 3 is 2.45 bits per heavy atom. The van der Waals surface area contributed by atoms with E-state index in [2.05, 4.69) is 10.6 Å². The molecule has 106 valence electrons. The number of carbonyl (C=O) groups excluding carboxylic acids is 1. The molecule has 20 heavy (non-hydrogen) atoms. The number of nitrogens with one attached hydrogen (secondary N) is 2. The number of amides is 1. The van der Waals surface area contributed by atoms with Gasteiger partial charge in [-0.05, 0) is 18.1 Å². The molecule has 0 saturated carbocycles. The van der Waals surface area contributed by atoms with E-state index in [-0.39, 0.29) is 12.3 Å². The summed E-state index contributed by atoms with van der Waals surface area (Å²) in [6, 6.07) is 8.36. The molecule has 1 amide bonds. The van der Waals surface area contributed by atoms with Crippen molar-refractivity contribution in [2.75, 3.05) is 13.1 Å². The Morgan fingerprint density at radius 2 is 1.95 bits per heavy atom. The summed E-state index contributed by atoms with van der Waals surface area (Å²) in [4.78, 5) is 23.3. The molecule has 0 unspecified atom stereocenters. The number of benzene rings is 1. The SMILES string of the molecule is CC(C(=O)N[C@H](Cc1ccccc1)C(=O)O)=C1CNC1. The van der Waals surface area contributed by atoms with Crippen LogP contribution < -0.4 is 10.6 Å². The zero-order valence-electron chi connectivity index (χ0n) is 11.3. The van der Waals surface area contributed by atoms with E-state index in [1.165, 1.54) is 0 Å². The molecular formula is C15H18N2O3. The zero-order valence-corrected chi connectivity index (χ0v) is 11.3. The fourth-order valence-electron chi connectivity index (χ4n) is 1.99. The molecule has 1 aliphatic heterocycles. The molecular weight excluding hydrogens is 256 g/mol. The van der Waals surface area contributed by atoms with E-state index in [0.29, 0.717) is 18.7 Å². The van der Waals surface area contributed by atoms with Crippen molar-refractivity contribution in [3.05, 3.63) is 47.0 Å². The minimum Gasteiger partial charge on any atom is -0.480 e. The number of rotatable bonds is 5. The van der Waals surface area contributed by atoms with E-state index in [1.54, 1.807) is 6.92 Å². The Labute approximate surface area is 117 Å². The van der Waals surface area contributed by atoms with Gasteiger partial charge in [-0.1, -0.05) is 30.3 Å². The summed E-state index contributed by atoms with van der Waals surface area (Å²) in [5.41, 5.74) is 2.53. The van der Waals surface area contributed by atoms with Gasteiger partial charge in [-0.3, -0.25) is 4.79 Å². The van der Waals surface area contributed by atoms with Gasteiger partial charge < -0.3 is 15.7 Å². The molecule has 3 N–H and O–H groups in total. The third-order valence-electron chi connectivity index (χ3n) is 3.43. The highest BCUT2D eigenvalue weighted by Gasteiger charge is 2.23. The van der Waals surface area contributed by atoms with Crippen LogP contribution in [0.4, 0.5) is 0 Å². The fraction of sp³-hybridized carbons (Fsp3) is 0.333. The van der Waals surface area contributed by atoms with Gasteiger partial charge in [0.1, 0.15) is 6.04 Å². The minimum atomic E-state index is -1.02. The van der Waals surface area contributed by atoms with Crippen LogP contribution in [0.15, 0.2) is 41.5 Å². The molecule has 1 fully saturated rings. The Hall–Kier alpha value is -2.14. The Morgan fingerprint density at radius 1 is 1.30 bits per heavy atom. The van der Waals surface area contributed by atoms with Crippen molar-refractivity contribution in [2.24, 2.45) is 0 Å². The normalized spacial score (nSPS) is 15.2. The van der Waals surface area contributed by atoms with E-state index < -0.39 is 12.0 Å². The predicted octanol–water partition coefficient (Wildman–Crippen LogP) is 0.718. The first-order valence-corrected chi connectivity index (χ1v) is 6.55. The highest BCUT2D eigenvalue weighted by atomic mass is 16.4.